The van der Waals surface area contributed by atoms with Crippen molar-refractivity contribution in [3.05, 3.63) is 53.7 Å². The van der Waals surface area contributed by atoms with Crippen LogP contribution in [0.1, 0.15) is 11.1 Å². The third kappa shape index (κ3) is 3.45. The Morgan fingerprint density at radius 2 is 1.84 bits per heavy atom. The van der Waals surface area contributed by atoms with E-state index in [2.05, 4.69) is 34.1 Å². The molecule has 2 aromatic rings. The van der Waals surface area contributed by atoms with E-state index in [9.17, 15) is 0 Å². The van der Waals surface area contributed by atoms with Crippen molar-refractivity contribution in [1.82, 2.24) is 4.98 Å². The fourth-order valence-corrected chi connectivity index (χ4v) is 1.89. The minimum absolute atomic E-state index is 0.581. The summed E-state index contributed by atoms with van der Waals surface area (Å²) in [6.45, 7) is 1.41. The molecule has 1 heterocycles. The number of ether oxygens (including phenoxy) is 1. The Bertz CT molecular complexity index is 525. The molecule has 0 aliphatic heterocycles. The summed E-state index contributed by atoms with van der Waals surface area (Å²) in [4.78, 5) is 6.26. The molecule has 100 valence electrons. The van der Waals surface area contributed by atoms with Crippen LogP contribution >= 0.6 is 0 Å². The number of nitrogens with two attached hydrogens (primary N) is 1. The Balaban J connectivity index is 2.08. The Labute approximate surface area is 113 Å². The van der Waals surface area contributed by atoms with E-state index in [0.717, 1.165) is 17.8 Å². The topological polar surface area (TPSA) is 51.4 Å². The van der Waals surface area contributed by atoms with Gasteiger partial charge in [-0.1, -0.05) is 24.3 Å². The van der Waals surface area contributed by atoms with Crippen molar-refractivity contribution in [1.29, 1.82) is 0 Å². The quantitative estimate of drug-likeness (QED) is 0.892. The first kappa shape index (κ1) is 13.4. The molecule has 0 unspecified atom stereocenters. The van der Waals surface area contributed by atoms with E-state index in [1.165, 1.54) is 5.56 Å². The lowest BCUT2D eigenvalue weighted by Gasteiger charge is -2.19. The number of hydrogen-bond donors (Lipinski definition) is 1. The second-order valence-corrected chi connectivity index (χ2v) is 4.43. The zero-order chi connectivity index (χ0) is 13.7. The van der Waals surface area contributed by atoms with E-state index in [1.54, 1.807) is 13.3 Å². The van der Waals surface area contributed by atoms with Crippen molar-refractivity contribution >= 4 is 5.69 Å². The first-order chi connectivity index (χ1) is 9.22. The molecule has 2 rings (SSSR count). The number of hydrogen-bond acceptors (Lipinski definition) is 4. The maximum Gasteiger partial charge on any atom is 0.214 e. The van der Waals surface area contributed by atoms with Gasteiger partial charge in [-0.15, -0.1) is 0 Å². The molecule has 0 amide bonds. The van der Waals surface area contributed by atoms with Crippen molar-refractivity contribution in [2.45, 2.75) is 13.1 Å². The number of anilines is 1. The molecule has 19 heavy (non-hydrogen) atoms. The lowest BCUT2D eigenvalue weighted by atomic mass is 10.1. The monoisotopic (exact) mass is 257 g/mol. The van der Waals surface area contributed by atoms with E-state index in [4.69, 9.17) is 10.5 Å². The second kappa shape index (κ2) is 6.20. The van der Waals surface area contributed by atoms with E-state index >= 15 is 0 Å². The van der Waals surface area contributed by atoms with Gasteiger partial charge >= 0.3 is 0 Å². The molecule has 0 bridgehead atoms. The molecule has 0 saturated heterocycles. The standard InChI is InChI=1S/C15H19N3O/c1-18(14-7-8-17-15(9-14)19-2)11-13-5-3-12(10-16)4-6-13/h3-9H,10-11,16H2,1-2H3. The highest BCUT2D eigenvalue weighted by Gasteiger charge is 2.04. The molecular formula is C15H19N3O. The first-order valence-electron chi connectivity index (χ1n) is 6.22. The summed E-state index contributed by atoms with van der Waals surface area (Å²) in [6, 6.07) is 12.2. The van der Waals surface area contributed by atoms with E-state index in [-0.39, 0.29) is 0 Å². The van der Waals surface area contributed by atoms with Crippen LogP contribution < -0.4 is 15.4 Å². The largest absolute Gasteiger partial charge is 0.481 e. The summed E-state index contributed by atoms with van der Waals surface area (Å²) in [6.07, 6.45) is 1.75. The molecule has 0 saturated carbocycles. The average molecular weight is 257 g/mol. The van der Waals surface area contributed by atoms with Gasteiger partial charge < -0.3 is 15.4 Å². The minimum Gasteiger partial charge on any atom is -0.481 e. The molecule has 0 aliphatic rings. The third-order valence-electron chi connectivity index (χ3n) is 3.05. The molecule has 1 aromatic heterocycles. The summed E-state index contributed by atoms with van der Waals surface area (Å²) in [7, 11) is 3.67. The van der Waals surface area contributed by atoms with Crippen LogP contribution in [0.5, 0.6) is 5.88 Å². The Kier molecular flexibility index (Phi) is 4.36. The van der Waals surface area contributed by atoms with Crippen molar-refractivity contribution < 1.29 is 4.74 Å². The molecule has 0 radical (unpaired) electrons. The molecule has 0 spiro atoms. The van der Waals surface area contributed by atoms with Gasteiger partial charge in [0.1, 0.15) is 0 Å². The van der Waals surface area contributed by atoms with Gasteiger partial charge in [-0.2, -0.15) is 0 Å². The van der Waals surface area contributed by atoms with Crippen LogP contribution in [-0.4, -0.2) is 19.1 Å². The van der Waals surface area contributed by atoms with Crippen molar-refractivity contribution in [3.8, 4) is 5.88 Å². The maximum atomic E-state index is 5.59. The van der Waals surface area contributed by atoms with Gasteiger partial charge in [-0.05, 0) is 17.2 Å². The molecule has 0 aliphatic carbocycles. The SMILES string of the molecule is COc1cc(N(C)Cc2ccc(CN)cc2)ccn1. The van der Waals surface area contributed by atoms with Crippen LogP contribution in [0.3, 0.4) is 0 Å². The maximum absolute atomic E-state index is 5.59. The van der Waals surface area contributed by atoms with Gasteiger partial charge in [-0.3, -0.25) is 0 Å². The molecule has 2 N–H and O–H groups in total. The second-order valence-electron chi connectivity index (χ2n) is 4.43. The van der Waals surface area contributed by atoms with Gasteiger partial charge in [0.2, 0.25) is 5.88 Å². The summed E-state index contributed by atoms with van der Waals surface area (Å²) in [5.41, 5.74) is 9.07. The van der Waals surface area contributed by atoms with Crippen molar-refractivity contribution in [2.24, 2.45) is 5.73 Å². The highest BCUT2D eigenvalue weighted by atomic mass is 16.5. The predicted molar refractivity (Wildman–Crippen MR) is 77.2 cm³/mol. The average Bonchev–Trinajstić information content (AvgIpc) is 2.48. The van der Waals surface area contributed by atoms with Crippen LogP contribution in [0, 0.1) is 0 Å². The number of rotatable bonds is 5. The summed E-state index contributed by atoms with van der Waals surface area (Å²) >= 11 is 0. The summed E-state index contributed by atoms with van der Waals surface area (Å²) < 4.78 is 5.13. The third-order valence-corrected chi connectivity index (χ3v) is 3.05. The van der Waals surface area contributed by atoms with E-state index < -0.39 is 0 Å². The fraction of sp³-hybridized carbons (Fsp3) is 0.267. The van der Waals surface area contributed by atoms with E-state index in [0.29, 0.717) is 12.4 Å². The van der Waals surface area contributed by atoms with Gasteiger partial charge in [0.25, 0.3) is 0 Å². The lowest BCUT2D eigenvalue weighted by Crippen LogP contribution is -2.16. The Hall–Kier alpha value is -2.07. The Morgan fingerprint density at radius 1 is 1.16 bits per heavy atom. The highest BCUT2D eigenvalue weighted by molar-refractivity contribution is 5.47. The zero-order valence-corrected chi connectivity index (χ0v) is 11.3. The van der Waals surface area contributed by atoms with Gasteiger partial charge in [0.15, 0.2) is 0 Å². The van der Waals surface area contributed by atoms with Gasteiger partial charge in [-0.25, -0.2) is 4.98 Å². The van der Waals surface area contributed by atoms with Gasteiger partial charge in [0.05, 0.1) is 7.11 Å². The number of aromatic nitrogens is 1. The van der Waals surface area contributed by atoms with Crippen LogP contribution in [0.15, 0.2) is 42.6 Å². The first-order valence-corrected chi connectivity index (χ1v) is 6.22. The smallest absolute Gasteiger partial charge is 0.214 e. The van der Waals surface area contributed by atoms with Crippen LogP contribution in [0.2, 0.25) is 0 Å². The van der Waals surface area contributed by atoms with Crippen LogP contribution in [-0.2, 0) is 13.1 Å². The minimum atomic E-state index is 0.581. The van der Waals surface area contributed by atoms with Crippen LogP contribution in [0.4, 0.5) is 5.69 Å². The van der Waals surface area contributed by atoms with Crippen LogP contribution in [0.25, 0.3) is 0 Å². The predicted octanol–water partition coefficient (Wildman–Crippen LogP) is 2.19. The number of methoxy groups -OCH3 is 1. The van der Waals surface area contributed by atoms with Crippen molar-refractivity contribution in [2.75, 3.05) is 19.1 Å². The highest BCUT2D eigenvalue weighted by Crippen LogP contribution is 2.19. The normalized spacial score (nSPS) is 10.3. The number of nitrogens with zero attached hydrogens (tertiary/aromatic N) is 2. The van der Waals surface area contributed by atoms with Gasteiger partial charge in [0, 0.05) is 38.1 Å². The molecule has 1 aromatic carbocycles. The summed E-state index contributed by atoms with van der Waals surface area (Å²) in [5, 5.41) is 0. The Morgan fingerprint density at radius 3 is 2.47 bits per heavy atom. The summed E-state index contributed by atoms with van der Waals surface area (Å²) in [5.74, 6) is 0.628. The van der Waals surface area contributed by atoms with E-state index in [1.807, 2.05) is 19.2 Å². The zero-order valence-electron chi connectivity index (χ0n) is 11.3. The molecule has 0 fully saturated rings. The molecule has 4 nitrogen and oxygen atoms in total. The molecular weight excluding hydrogens is 238 g/mol. The number of benzene rings is 1. The molecule has 0 atom stereocenters. The van der Waals surface area contributed by atoms with Crippen molar-refractivity contribution in [3.63, 3.8) is 0 Å². The fourth-order valence-electron chi connectivity index (χ4n) is 1.89. The molecule has 4 heteroatoms. The number of pyridine rings is 1. The lowest BCUT2D eigenvalue weighted by molar-refractivity contribution is 0.398.